The van der Waals surface area contributed by atoms with Crippen LogP contribution >= 0.6 is 0 Å². The lowest BCUT2D eigenvalue weighted by Crippen LogP contribution is -2.23. The Kier molecular flexibility index (Phi) is 6.17. The fourth-order valence-corrected chi connectivity index (χ4v) is 2.75. The normalized spacial score (nSPS) is 10.3. The molecule has 5 nitrogen and oxygen atoms in total. The zero-order chi connectivity index (χ0) is 19.3. The predicted octanol–water partition coefficient (Wildman–Crippen LogP) is 4.18. The molecule has 0 saturated carbocycles. The third-order valence-corrected chi connectivity index (χ3v) is 4.04. The zero-order valence-electron chi connectivity index (χ0n) is 15.4. The van der Waals surface area contributed by atoms with Gasteiger partial charge in [-0.15, -0.1) is 0 Å². The number of aryl methyl sites for hydroxylation is 1. The van der Waals surface area contributed by atoms with E-state index in [1.807, 2.05) is 43.9 Å². The number of fused-ring (bicyclic) bond motifs is 1. The van der Waals surface area contributed by atoms with Crippen molar-refractivity contribution in [1.82, 2.24) is 0 Å². The Morgan fingerprint density at radius 2 is 1.62 bits per heavy atom. The van der Waals surface area contributed by atoms with Gasteiger partial charge in [-0.2, -0.15) is 0 Å². The highest BCUT2D eigenvalue weighted by Crippen LogP contribution is 2.42. The van der Waals surface area contributed by atoms with Crippen molar-refractivity contribution in [1.29, 1.82) is 0 Å². The maximum atomic E-state index is 11.9. The van der Waals surface area contributed by atoms with Crippen LogP contribution in [0, 0.1) is 6.92 Å². The Bertz CT molecular complexity index is 866. The van der Waals surface area contributed by atoms with E-state index in [-0.39, 0.29) is 0 Å². The zero-order valence-corrected chi connectivity index (χ0v) is 15.4. The highest BCUT2D eigenvalue weighted by atomic mass is 16.5. The summed E-state index contributed by atoms with van der Waals surface area (Å²) in [6.45, 7) is 14.2. The number of benzene rings is 2. The minimum absolute atomic E-state index is 0.397. The summed E-state index contributed by atoms with van der Waals surface area (Å²) in [5.74, 6) is -0.272. The van der Waals surface area contributed by atoms with Crippen LogP contribution in [0.25, 0.3) is 10.8 Å². The van der Waals surface area contributed by atoms with Crippen LogP contribution < -0.4 is 14.4 Å². The average Bonchev–Trinajstić information content (AvgIpc) is 2.64. The van der Waals surface area contributed by atoms with E-state index >= 15 is 0 Å². The maximum Gasteiger partial charge on any atom is 0.335 e. The van der Waals surface area contributed by atoms with Gasteiger partial charge in [-0.1, -0.05) is 30.9 Å². The van der Waals surface area contributed by atoms with Crippen molar-refractivity contribution in [3.63, 3.8) is 0 Å². The van der Waals surface area contributed by atoms with Gasteiger partial charge in [0, 0.05) is 42.1 Å². The van der Waals surface area contributed by atoms with Crippen molar-refractivity contribution in [3.8, 4) is 11.5 Å². The van der Waals surface area contributed by atoms with Gasteiger partial charge in [0.1, 0.15) is 5.75 Å². The molecule has 0 bridgehead atoms. The van der Waals surface area contributed by atoms with E-state index in [0.29, 0.717) is 41.0 Å². The van der Waals surface area contributed by atoms with Crippen molar-refractivity contribution in [2.45, 2.75) is 20.8 Å². The molecule has 0 atom stereocenters. The number of ether oxygens (including phenoxy) is 2. The second-order valence-corrected chi connectivity index (χ2v) is 5.69. The van der Waals surface area contributed by atoms with Gasteiger partial charge in [0.15, 0.2) is 5.75 Å². The SMILES string of the molecule is C=CC(=O)Oc1cc(N(CC)CC)c(OC(=O)C=C)c2ccc(C)cc12. The lowest BCUT2D eigenvalue weighted by molar-refractivity contribution is -0.129. The average molecular weight is 353 g/mol. The maximum absolute atomic E-state index is 11.9. The second kappa shape index (κ2) is 8.34. The molecule has 26 heavy (non-hydrogen) atoms. The van der Waals surface area contributed by atoms with E-state index < -0.39 is 11.9 Å². The first-order valence-electron chi connectivity index (χ1n) is 8.45. The van der Waals surface area contributed by atoms with Crippen molar-refractivity contribution >= 4 is 28.4 Å². The number of nitrogens with zero attached hydrogens (tertiary/aromatic N) is 1. The van der Waals surface area contributed by atoms with E-state index in [4.69, 9.17) is 9.47 Å². The van der Waals surface area contributed by atoms with Crippen molar-refractivity contribution in [2.24, 2.45) is 0 Å². The molecule has 0 N–H and O–H groups in total. The smallest absolute Gasteiger partial charge is 0.335 e. The summed E-state index contributed by atoms with van der Waals surface area (Å²) < 4.78 is 11.0. The first kappa shape index (κ1) is 19.2. The Morgan fingerprint density at radius 3 is 2.19 bits per heavy atom. The highest BCUT2D eigenvalue weighted by molar-refractivity contribution is 6.02. The van der Waals surface area contributed by atoms with Crippen LogP contribution in [0.15, 0.2) is 49.6 Å². The number of carbonyl (C=O) groups is 2. The first-order valence-corrected chi connectivity index (χ1v) is 8.45. The van der Waals surface area contributed by atoms with E-state index in [9.17, 15) is 9.59 Å². The molecule has 0 spiro atoms. The molecule has 0 aliphatic heterocycles. The molecule has 0 amide bonds. The van der Waals surface area contributed by atoms with E-state index in [2.05, 4.69) is 13.2 Å². The summed E-state index contributed by atoms with van der Waals surface area (Å²) in [7, 11) is 0. The fraction of sp³-hybridized carbons (Fsp3) is 0.238. The van der Waals surface area contributed by atoms with Crippen LogP contribution in [0.5, 0.6) is 11.5 Å². The quantitative estimate of drug-likeness (QED) is 0.425. The second-order valence-electron chi connectivity index (χ2n) is 5.69. The molecule has 0 radical (unpaired) electrons. The monoisotopic (exact) mass is 353 g/mol. The molecule has 2 aromatic carbocycles. The summed E-state index contributed by atoms with van der Waals surface area (Å²) in [5, 5.41) is 1.37. The topological polar surface area (TPSA) is 55.8 Å². The van der Waals surface area contributed by atoms with Gasteiger partial charge in [-0.25, -0.2) is 9.59 Å². The number of anilines is 1. The van der Waals surface area contributed by atoms with Gasteiger partial charge in [-0.3, -0.25) is 0 Å². The molecular formula is C21H23NO4. The molecule has 136 valence electrons. The van der Waals surface area contributed by atoms with Crippen LogP contribution in [0.3, 0.4) is 0 Å². The Balaban J connectivity index is 2.82. The van der Waals surface area contributed by atoms with E-state index in [1.54, 1.807) is 6.07 Å². The third kappa shape index (κ3) is 3.94. The Morgan fingerprint density at radius 1 is 1.00 bits per heavy atom. The third-order valence-electron chi connectivity index (χ3n) is 4.04. The minimum atomic E-state index is -0.547. The fourth-order valence-electron chi connectivity index (χ4n) is 2.75. The summed E-state index contributed by atoms with van der Waals surface area (Å²) in [5.41, 5.74) is 1.67. The molecule has 5 heteroatoms. The highest BCUT2D eigenvalue weighted by Gasteiger charge is 2.20. The lowest BCUT2D eigenvalue weighted by atomic mass is 10.0. The van der Waals surface area contributed by atoms with Gasteiger partial charge >= 0.3 is 11.9 Å². The lowest BCUT2D eigenvalue weighted by Gasteiger charge is -2.25. The molecule has 2 aromatic rings. The standard InChI is InChI=1S/C21H23NO4/c1-6-19(23)25-18-13-17(22(8-3)9-4)21(26-20(24)7-2)15-11-10-14(5)12-16(15)18/h6-7,10-13H,1-2,8-9H2,3-5H3. The Labute approximate surface area is 153 Å². The molecule has 0 saturated heterocycles. The van der Waals surface area contributed by atoms with Crippen molar-refractivity contribution in [3.05, 3.63) is 55.1 Å². The summed E-state index contributed by atoms with van der Waals surface area (Å²) in [6.07, 6.45) is 2.24. The Hall–Kier alpha value is -3.08. The van der Waals surface area contributed by atoms with E-state index in [1.165, 1.54) is 0 Å². The van der Waals surface area contributed by atoms with Crippen LogP contribution in [-0.4, -0.2) is 25.0 Å². The van der Waals surface area contributed by atoms with Gasteiger partial charge in [-0.05, 0) is 26.8 Å². The van der Waals surface area contributed by atoms with Crippen LogP contribution in [0.2, 0.25) is 0 Å². The molecular weight excluding hydrogens is 330 g/mol. The molecule has 0 aliphatic carbocycles. The minimum Gasteiger partial charge on any atom is -0.423 e. The van der Waals surface area contributed by atoms with Crippen LogP contribution in [0.1, 0.15) is 19.4 Å². The molecule has 0 aliphatic rings. The first-order chi connectivity index (χ1) is 12.4. The van der Waals surface area contributed by atoms with Gasteiger partial charge in [0.05, 0.1) is 5.69 Å². The van der Waals surface area contributed by atoms with E-state index in [0.717, 1.165) is 17.7 Å². The van der Waals surface area contributed by atoms with Gasteiger partial charge in [0.25, 0.3) is 0 Å². The number of rotatable bonds is 7. The summed E-state index contributed by atoms with van der Waals surface area (Å²) in [6, 6.07) is 7.38. The molecule has 0 aromatic heterocycles. The van der Waals surface area contributed by atoms with Crippen LogP contribution in [-0.2, 0) is 9.59 Å². The number of hydrogen-bond donors (Lipinski definition) is 0. The molecule has 2 rings (SSSR count). The summed E-state index contributed by atoms with van der Waals surface area (Å²) in [4.78, 5) is 25.7. The number of esters is 2. The number of carbonyl (C=O) groups excluding carboxylic acids is 2. The molecule has 0 fully saturated rings. The number of hydrogen-bond acceptors (Lipinski definition) is 5. The van der Waals surface area contributed by atoms with Crippen molar-refractivity contribution in [2.75, 3.05) is 18.0 Å². The largest absolute Gasteiger partial charge is 0.423 e. The predicted molar refractivity (Wildman–Crippen MR) is 104 cm³/mol. The van der Waals surface area contributed by atoms with Crippen molar-refractivity contribution < 1.29 is 19.1 Å². The summed E-state index contributed by atoms with van der Waals surface area (Å²) >= 11 is 0. The van der Waals surface area contributed by atoms with Gasteiger partial charge in [0.2, 0.25) is 0 Å². The van der Waals surface area contributed by atoms with Gasteiger partial charge < -0.3 is 14.4 Å². The molecule has 0 heterocycles. The van der Waals surface area contributed by atoms with Crippen LogP contribution in [0.4, 0.5) is 5.69 Å². The molecule has 0 unspecified atom stereocenters.